The minimum absolute atomic E-state index is 0.0973. The highest BCUT2D eigenvalue weighted by molar-refractivity contribution is 7.13. The number of piperazine rings is 1. The van der Waals surface area contributed by atoms with E-state index in [4.69, 9.17) is 16.0 Å². The molecule has 5 nitrogen and oxygen atoms in total. The van der Waals surface area contributed by atoms with Gasteiger partial charge < -0.3 is 4.90 Å². The molecular formula is C27H25ClN4OS. The molecule has 0 atom stereocenters. The third-order valence-corrected chi connectivity index (χ3v) is 7.84. The second-order valence-corrected chi connectivity index (χ2v) is 10.2. The van der Waals surface area contributed by atoms with Crippen LogP contribution in [0, 0.1) is 0 Å². The number of carbonyl (C=O) groups excluding carboxylic acids is 1. The lowest BCUT2D eigenvalue weighted by Crippen LogP contribution is -2.47. The predicted octanol–water partition coefficient (Wildman–Crippen LogP) is 5.54. The summed E-state index contributed by atoms with van der Waals surface area (Å²) in [6.07, 6.45) is 1.42. The summed E-state index contributed by atoms with van der Waals surface area (Å²) in [5, 5.41) is 1.90. The normalized spacial score (nSPS) is 16.4. The number of hydrogen-bond donors (Lipinski definition) is 0. The molecule has 0 bridgehead atoms. The molecule has 1 fully saturated rings. The largest absolute Gasteiger partial charge is 0.353 e. The van der Waals surface area contributed by atoms with Crippen molar-refractivity contribution in [3.05, 3.63) is 82.9 Å². The average molecular weight is 489 g/mol. The number of aromatic nitrogens is 1. The Morgan fingerprint density at radius 1 is 0.941 bits per heavy atom. The Labute approximate surface area is 208 Å². The van der Waals surface area contributed by atoms with Crippen LogP contribution in [0.15, 0.2) is 66.7 Å². The highest BCUT2D eigenvalue weighted by Gasteiger charge is 2.29. The van der Waals surface area contributed by atoms with Crippen molar-refractivity contribution in [2.24, 2.45) is 0 Å². The molecule has 0 radical (unpaired) electrons. The molecule has 34 heavy (non-hydrogen) atoms. The van der Waals surface area contributed by atoms with Gasteiger partial charge >= 0.3 is 0 Å². The Balaban J connectivity index is 1.08. The molecular weight excluding hydrogens is 464 g/mol. The predicted molar refractivity (Wildman–Crippen MR) is 141 cm³/mol. The Morgan fingerprint density at radius 3 is 2.65 bits per heavy atom. The molecule has 0 unspecified atom stereocenters. The van der Waals surface area contributed by atoms with Crippen molar-refractivity contribution in [2.75, 3.05) is 42.5 Å². The molecule has 4 aromatic rings. The Hall–Kier alpha value is -2.93. The number of anilines is 3. The Bertz CT molecular complexity index is 1360. The van der Waals surface area contributed by atoms with Crippen LogP contribution in [0.5, 0.6) is 0 Å². The number of hydrogen-bond acceptors (Lipinski definition) is 5. The zero-order chi connectivity index (χ0) is 23.1. The molecule has 3 aromatic carbocycles. The maximum Gasteiger partial charge on any atom is 0.236 e. The SMILES string of the molecule is O=C1Cc2cc(CCN3CCN(c4nsc5ccccc45)CC3)ccc2N1c1cccc(Cl)c1. The Morgan fingerprint density at radius 2 is 1.79 bits per heavy atom. The summed E-state index contributed by atoms with van der Waals surface area (Å²) >= 11 is 7.74. The van der Waals surface area contributed by atoms with E-state index < -0.39 is 0 Å². The van der Waals surface area contributed by atoms with Crippen LogP contribution in [0.25, 0.3) is 10.1 Å². The lowest BCUT2D eigenvalue weighted by Gasteiger charge is -2.35. The summed E-state index contributed by atoms with van der Waals surface area (Å²) in [5.41, 5.74) is 4.19. The zero-order valence-corrected chi connectivity index (χ0v) is 20.4. The van der Waals surface area contributed by atoms with Crippen LogP contribution in [0.1, 0.15) is 11.1 Å². The summed E-state index contributed by atoms with van der Waals surface area (Å²) in [6.45, 7) is 5.11. The quantitative estimate of drug-likeness (QED) is 0.370. The van der Waals surface area contributed by atoms with Gasteiger partial charge in [0.05, 0.1) is 22.5 Å². The van der Waals surface area contributed by atoms with Crippen LogP contribution in [0.2, 0.25) is 5.02 Å². The molecule has 1 amide bonds. The molecule has 7 heteroatoms. The topological polar surface area (TPSA) is 39.7 Å². The third kappa shape index (κ3) is 4.06. The van der Waals surface area contributed by atoms with Crippen LogP contribution < -0.4 is 9.80 Å². The summed E-state index contributed by atoms with van der Waals surface area (Å²) < 4.78 is 5.97. The van der Waals surface area contributed by atoms with E-state index in [-0.39, 0.29) is 5.91 Å². The minimum atomic E-state index is 0.0973. The van der Waals surface area contributed by atoms with Gasteiger partial charge in [-0.25, -0.2) is 0 Å². The molecule has 6 rings (SSSR count). The first kappa shape index (κ1) is 21.6. The summed E-state index contributed by atoms with van der Waals surface area (Å²) in [7, 11) is 0. The van der Waals surface area contributed by atoms with Gasteiger partial charge in [-0.1, -0.05) is 41.9 Å². The summed E-state index contributed by atoms with van der Waals surface area (Å²) in [6, 6.07) is 22.4. The van der Waals surface area contributed by atoms with E-state index in [1.54, 1.807) is 16.4 Å². The first-order chi connectivity index (χ1) is 16.7. The van der Waals surface area contributed by atoms with E-state index in [1.807, 2.05) is 24.3 Å². The standard InChI is InChI=1S/C27H25ClN4OS/c28-21-4-3-5-22(18-21)32-24-9-8-19(16-20(24)17-26(32)33)10-11-30-12-14-31(15-13-30)27-23-6-1-2-7-25(23)34-29-27/h1-9,16,18H,10-15,17H2. The number of carbonyl (C=O) groups is 1. The van der Waals surface area contributed by atoms with Gasteiger partial charge in [-0.05, 0) is 65.5 Å². The monoisotopic (exact) mass is 488 g/mol. The van der Waals surface area contributed by atoms with Gasteiger partial charge in [0, 0.05) is 43.1 Å². The van der Waals surface area contributed by atoms with Crippen LogP contribution in [-0.2, 0) is 17.6 Å². The van der Waals surface area contributed by atoms with E-state index in [0.29, 0.717) is 11.4 Å². The van der Waals surface area contributed by atoms with Gasteiger partial charge in [-0.2, -0.15) is 4.37 Å². The first-order valence-corrected chi connectivity index (χ1v) is 12.8. The zero-order valence-electron chi connectivity index (χ0n) is 18.8. The van der Waals surface area contributed by atoms with Gasteiger partial charge in [0.25, 0.3) is 0 Å². The molecule has 2 aliphatic rings. The average Bonchev–Trinajstić information content (AvgIpc) is 3.43. The lowest BCUT2D eigenvalue weighted by molar-refractivity contribution is -0.116. The third-order valence-electron chi connectivity index (χ3n) is 6.79. The number of nitrogens with zero attached hydrogens (tertiary/aromatic N) is 4. The fraction of sp³-hybridized carbons (Fsp3) is 0.259. The fourth-order valence-electron chi connectivity index (χ4n) is 5.00. The molecule has 172 valence electrons. The first-order valence-electron chi connectivity index (χ1n) is 11.7. The van der Waals surface area contributed by atoms with E-state index >= 15 is 0 Å². The molecule has 1 saturated heterocycles. The van der Waals surface area contributed by atoms with Crippen LogP contribution in [0.3, 0.4) is 0 Å². The van der Waals surface area contributed by atoms with Crippen LogP contribution in [-0.4, -0.2) is 47.9 Å². The number of halogens is 1. The summed E-state index contributed by atoms with van der Waals surface area (Å²) in [5.74, 6) is 1.23. The highest BCUT2D eigenvalue weighted by Crippen LogP contribution is 2.37. The van der Waals surface area contributed by atoms with E-state index in [0.717, 1.165) is 61.9 Å². The Kier molecular flexibility index (Phi) is 5.73. The molecule has 3 heterocycles. The summed E-state index contributed by atoms with van der Waals surface area (Å²) in [4.78, 5) is 19.5. The molecule has 0 spiro atoms. The van der Waals surface area contributed by atoms with Crippen molar-refractivity contribution >= 4 is 56.3 Å². The maximum absolute atomic E-state index is 12.7. The van der Waals surface area contributed by atoms with E-state index in [1.165, 1.54) is 15.6 Å². The molecule has 2 aliphatic heterocycles. The fourth-order valence-corrected chi connectivity index (χ4v) is 5.98. The van der Waals surface area contributed by atoms with Gasteiger partial charge in [0.2, 0.25) is 5.91 Å². The minimum Gasteiger partial charge on any atom is -0.353 e. The van der Waals surface area contributed by atoms with E-state index in [2.05, 4.69) is 52.3 Å². The smallest absolute Gasteiger partial charge is 0.236 e. The number of benzene rings is 3. The number of amides is 1. The second-order valence-electron chi connectivity index (χ2n) is 8.93. The van der Waals surface area contributed by atoms with Crippen molar-refractivity contribution in [3.8, 4) is 0 Å². The number of rotatable bonds is 5. The molecule has 0 saturated carbocycles. The van der Waals surface area contributed by atoms with Crippen molar-refractivity contribution in [1.29, 1.82) is 0 Å². The van der Waals surface area contributed by atoms with Gasteiger partial charge in [0.1, 0.15) is 5.82 Å². The van der Waals surface area contributed by atoms with Crippen molar-refractivity contribution < 1.29 is 4.79 Å². The molecule has 0 N–H and O–H groups in total. The van der Waals surface area contributed by atoms with E-state index in [9.17, 15) is 4.79 Å². The highest BCUT2D eigenvalue weighted by atomic mass is 35.5. The van der Waals surface area contributed by atoms with Crippen LogP contribution in [0.4, 0.5) is 17.2 Å². The van der Waals surface area contributed by atoms with Gasteiger partial charge in [-0.15, -0.1) is 0 Å². The maximum atomic E-state index is 12.7. The molecule has 1 aromatic heterocycles. The van der Waals surface area contributed by atoms with Gasteiger partial charge in [0.15, 0.2) is 0 Å². The van der Waals surface area contributed by atoms with Gasteiger partial charge in [-0.3, -0.25) is 14.6 Å². The van der Waals surface area contributed by atoms with Crippen molar-refractivity contribution in [1.82, 2.24) is 9.27 Å². The van der Waals surface area contributed by atoms with Crippen LogP contribution >= 0.6 is 23.1 Å². The molecule has 0 aliphatic carbocycles. The lowest BCUT2D eigenvalue weighted by atomic mass is 10.1. The number of fused-ring (bicyclic) bond motifs is 2. The van der Waals surface area contributed by atoms with Crippen molar-refractivity contribution in [3.63, 3.8) is 0 Å². The second kappa shape index (κ2) is 9.02. The van der Waals surface area contributed by atoms with Crippen molar-refractivity contribution in [2.45, 2.75) is 12.8 Å².